The Kier molecular flexibility index (Phi) is 13.2. The summed E-state index contributed by atoms with van der Waals surface area (Å²) in [5.41, 5.74) is 0.747. The average molecular weight is 361 g/mol. The van der Waals surface area contributed by atoms with Gasteiger partial charge in [0, 0.05) is 12.1 Å². The molecule has 1 rings (SSSR count). The van der Waals surface area contributed by atoms with Crippen LogP contribution in [0.15, 0.2) is 30.3 Å². The molecule has 1 aromatic rings. The van der Waals surface area contributed by atoms with E-state index >= 15 is 0 Å². The van der Waals surface area contributed by atoms with Crippen LogP contribution in [-0.4, -0.2) is 18.4 Å². The topological polar surface area (TPSA) is 58.2 Å². The molecular weight excluding hydrogens is 324 g/mol. The molecular formula is C22H36N2O2. The zero-order chi connectivity index (χ0) is 18.9. The maximum absolute atomic E-state index is 11.8. The molecule has 4 nitrogen and oxygen atoms in total. The summed E-state index contributed by atoms with van der Waals surface area (Å²) in [4.78, 5) is 23.5. The SMILES string of the molecule is CCCCCCCCCCCCCC(=O)NCC(=O)Nc1ccccc1. The van der Waals surface area contributed by atoms with Gasteiger partial charge in [0.25, 0.3) is 0 Å². The van der Waals surface area contributed by atoms with Gasteiger partial charge in [-0.2, -0.15) is 0 Å². The van der Waals surface area contributed by atoms with E-state index in [2.05, 4.69) is 17.6 Å². The van der Waals surface area contributed by atoms with Crippen molar-refractivity contribution in [3.8, 4) is 0 Å². The van der Waals surface area contributed by atoms with Crippen molar-refractivity contribution in [1.82, 2.24) is 5.32 Å². The number of anilines is 1. The maximum atomic E-state index is 11.8. The Labute approximate surface area is 159 Å². The molecule has 2 N–H and O–H groups in total. The lowest BCUT2D eigenvalue weighted by Gasteiger charge is -2.07. The molecule has 146 valence electrons. The van der Waals surface area contributed by atoms with Gasteiger partial charge in [-0.15, -0.1) is 0 Å². The third-order valence-electron chi connectivity index (χ3n) is 4.51. The van der Waals surface area contributed by atoms with Crippen molar-refractivity contribution >= 4 is 17.5 Å². The predicted octanol–water partition coefficient (Wildman–Crippen LogP) is 5.44. The molecule has 0 bridgehead atoms. The van der Waals surface area contributed by atoms with Gasteiger partial charge in [-0.05, 0) is 18.6 Å². The fourth-order valence-corrected chi connectivity index (χ4v) is 2.94. The van der Waals surface area contributed by atoms with E-state index in [0.29, 0.717) is 6.42 Å². The predicted molar refractivity (Wildman–Crippen MR) is 109 cm³/mol. The van der Waals surface area contributed by atoms with Crippen LogP contribution in [0.3, 0.4) is 0 Å². The fourth-order valence-electron chi connectivity index (χ4n) is 2.94. The summed E-state index contributed by atoms with van der Waals surface area (Å²) in [6, 6.07) is 9.27. The van der Waals surface area contributed by atoms with Crippen molar-refractivity contribution in [2.45, 2.75) is 84.0 Å². The van der Waals surface area contributed by atoms with E-state index in [4.69, 9.17) is 0 Å². The third kappa shape index (κ3) is 12.5. The second-order valence-corrected chi connectivity index (χ2v) is 6.98. The number of rotatable bonds is 15. The van der Waals surface area contributed by atoms with E-state index in [9.17, 15) is 9.59 Å². The second-order valence-electron chi connectivity index (χ2n) is 6.98. The summed E-state index contributed by atoms with van der Waals surface area (Å²) >= 11 is 0. The molecule has 0 spiro atoms. The van der Waals surface area contributed by atoms with Crippen molar-refractivity contribution < 1.29 is 9.59 Å². The third-order valence-corrected chi connectivity index (χ3v) is 4.51. The van der Waals surface area contributed by atoms with Crippen LogP contribution in [0.1, 0.15) is 84.0 Å². The van der Waals surface area contributed by atoms with Crippen molar-refractivity contribution in [3.63, 3.8) is 0 Å². The summed E-state index contributed by atoms with van der Waals surface area (Å²) in [5, 5.41) is 5.44. The first-order chi connectivity index (χ1) is 12.7. The fraction of sp³-hybridized carbons (Fsp3) is 0.636. The summed E-state index contributed by atoms with van der Waals surface area (Å²) in [5.74, 6) is -0.229. The Morgan fingerprint density at radius 3 is 1.85 bits per heavy atom. The van der Waals surface area contributed by atoms with E-state index in [1.54, 1.807) is 0 Å². The first kappa shape index (κ1) is 22.2. The number of nitrogens with one attached hydrogen (secondary N) is 2. The normalized spacial score (nSPS) is 10.5. The van der Waals surface area contributed by atoms with Gasteiger partial charge < -0.3 is 10.6 Å². The van der Waals surface area contributed by atoms with Gasteiger partial charge in [0.05, 0.1) is 6.54 Å². The number of para-hydroxylation sites is 1. The zero-order valence-electron chi connectivity index (χ0n) is 16.4. The molecule has 0 aromatic heterocycles. The Morgan fingerprint density at radius 1 is 0.731 bits per heavy atom. The van der Waals surface area contributed by atoms with E-state index < -0.39 is 0 Å². The Bertz CT molecular complexity index is 488. The van der Waals surface area contributed by atoms with Gasteiger partial charge in [0.1, 0.15) is 0 Å². The highest BCUT2D eigenvalue weighted by Crippen LogP contribution is 2.11. The number of hydrogen-bond donors (Lipinski definition) is 2. The lowest BCUT2D eigenvalue weighted by molar-refractivity contribution is -0.124. The van der Waals surface area contributed by atoms with Crippen LogP contribution in [0.5, 0.6) is 0 Å². The number of unbranched alkanes of at least 4 members (excludes halogenated alkanes) is 10. The summed E-state index contributed by atoms with van der Waals surface area (Å²) < 4.78 is 0. The molecule has 0 radical (unpaired) electrons. The van der Waals surface area contributed by atoms with Crippen LogP contribution in [0.25, 0.3) is 0 Å². The first-order valence-electron chi connectivity index (χ1n) is 10.3. The molecule has 0 heterocycles. The summed E-state index contributed by atoms with van der Waals surface area (Å²) in [6.45, 7) is 2.28. The molecule has 2 amide bonds. The molecule has 26 heavy (non-hydrogen) atoms. The van der Waals surface area contributed by atoms with Crippen molar-refractivity contribution in [2.24, 2.45) is 0 Å². The van der Waals surface area contributed by atoms with Gasteiger partial charge >= 0.3 is 0 Å². The smallest absolute Gasteiger partial charge is 0.243 e. The molecule has 0 saturated carbocycles. The highest BCUT2D eigenvalue weighted by atomic mass is 16.2. The van der Waals surface area contributed by atoms with Crippen molar-refractivity contribution in [1.29, 1.82) is 0 Å². The van der Waals surface area contributed by atoms with E-state index in [0.717, 1.165) is 18.5 Å². The number of benzene rings is 1. The average Bonchev–Trinajstić information content (AvgIpc) is 2.65. The Balaban J connectivity index is 1.90. The van der Waals surface area contributed by atoms with E-state index in [1.807, 2.05) is 30.3 Å². The monoisotopic (exact) mass is 360 g/mol. The highest BCUT2D eigenvalue weighted by molar-refractivity contribution is 5.94. The standard InChI is InChI=1S/C22H36N2O2/c1-2-3-4-5-6-7-8-9-10-11-15-18-21(25)23-19-22(26)24-20-16-13-12-14-17-20/h12-14,16-17H,2-11,15,18-19H2,1H3,(H,23,25)(H,24,26). The molecule has 0 aliphatic heterocycles. The molecule has 0 unspecified atom stereocenters. The van der Waals surface area contributed by atoms with Gasteiger partial charge in [0.15, 0.2) is 0 Å². The summed E-state index contributed by atoms with van der Waals surface area (Å²) in [7, 11) is 0. The minimum atomic E-state index is -0.191. The van der Waals surface area contributed by atoms with E-state index in [-0.39, 0.29) is 18.4 Å². The van der Waals surface area contributed by atoms with Gasteiger partial charge in [-0.3, -0.25) is 9.59 Å². The second kappa shape index (κ2) is 15.4. The number of carbonyl (C=O) groups is 2. The Morgan fingerprint density at radius 2 is 1.27 bits per heavy atom. The lowest BCUT2D eigenvalue weighted by atomic mass is 10.1. The maximum Gasteiger partial charge on any atom is 0.243 e. The first-order valence-corrected chi connectivity index (χ1v) is 10.3. The molecule has 0 fully saturated rings. The largest absolute Gasteiger partial charge is 0.347 e. The minimum absolute atomic E-state index is 0.0335. The quantitative estimate of drug-likeness (QED) is 0.409. The van der Waals surface area contributed by atoms with Crippen LogP contribution in [0.4, 0.5) is 5.69 Å². The van der Waals surface area contributed by atoms with Crippen molar-refractivity contribution in [3.05, 3.63) is 30.3 Å². The molecule has 0 aliphatic rings. The van der Waals surface area contributed by atoms with Crippen LogP contribution < -0.4 is 10.6 Å². The molecule has 0 aliphatic carbocycles. The van der Waals surface area contributed by atoms with Gasteiger partial charge in [-0.1, -0.05) is 89.3 Å². The summed E-state index contributed by atoms with van der Waals surface area (Å²) in [6.07, 6.45) is 14.5. The molecule has 0 saturated heterocycles. The number of hydrogen-bond acceptors (Lipinski definition) is 2. The lowest BCUT2D eigenvalue weighted by Crippen LogP contribution is -2.32. The van der Waals surface area contributed by atoms with Gasteiger partial charge in [-0.25, -0.2) is 0 Å². The highest BCUT2D eigenvalue weighted by Gasteiger charge is 2.05. The molecule has 1 aromatic carbocycles. The molecule has 0 atom stereocenters. The number of amides is 2. The van der Waals surface area contributed by atoms with Crippen molar-refractivity contribution in [2.75, 3.05) is 11.9 Å². The van der Waals surface area contributed by atoms with E-state index in [1.165, 1.54) is 57.8 Å². The minimum Gasteiger partial charge on any atom is -0.347 e. The Hall–Kier alpha value is -1.84. The van der Waals surface area contributed by atoms with Gasteiger partial charge in [0.2, 0.25) is 11.8 Å². The number of carbonyl (C=O) groups excluding carboxylic acids is 2. The van der Waals surface area contributed by atoms with Crippen LogP contribution in [-0.2, 0) is 9.59 Å². The van der Waals surface area contributed by atoms with Crippen LogP contribution >= 0.6 is 0 Å². The van der Waals surface area contributed by atoms with Crippen LogP contribution in [0, 0.1) is 0 Å². The zero-order valence-corrected chi connectivity index (χ0v) is 16.4. The van der Waals surface area contributed by atoms with Crippen LogP contribution in [0.2, 0.25) is 0 Å². The molecule has 4 heteroatoms.